The molecule has 0 fully saturated rings. The minimum Gasteiger partial charge on any atom is -0.296 e. The number of carbonyl (C=O) groups is 1. The van der Waals surface area contributed by atoms with Crippen molar-refractivity contribution in [3.8, 4) is 0 Å². The van der Waals surface area contributed by atoms with E-state index in [0.717, 1.165) is 0 Å². The van der Waals surface area contributed by atoms with Crippen LogP contribution in [0.15, 0.2) is 29.0 Å². The minimum atomic E-state index is -0.458. The number of allylic oxidation sites excluding steroid dienone is 2. The molecule has 0 aromatic heterocycles. The Morgan fingerprint density at radius 1 is 1.67 bits per heavy atom. The summed E-state index contributed by atoms with van der Waals surface area (Å²) in [7, 11) is 0. The maximum atomic E-state index is 13.0. The molecule has 2 unspecified atom stereocenters. The first kappa shape index (κ1) is 7.73. The maximum Gasteiger partial charge on any atom is 0.174 e. The molecule has 0 saturated carbocycles. The Kier molecular flexibility index (Phi) is 1.84. The lowest BCUT2D eigenvalue weighted by atomic mass is 10.1. The van der Waals surface area contributed by atoms with Crippen LogP contribution in [0.5, 0.6) is 0 Å². The SMILES string of the molecule is O=CC1=NC2C(F)=CC=CC2S1. The predicted molar refractivity (Wildman–Crippen MR) is 47.0 cm³/mol. The second kappa shape index (κ2) is 2.86. The molecule has 2 nitrogen and oxygen atoms in total. The van der Waals surface area contributed by atoms with Crippen LogP contribution < -0.4 is 0 Å². The maximum absolute atomic E-state index is 13.0. The first-order valence-corrected chi connectivity index (χ1v) is 4.43. The van der Waals surface area contributed by atoms with E-state index in [-0.39, 0.29) is 11.1 Å². The predicted octanol–water partition coefficient (Wildman–Crippen LogP) is 1.49. The topological polar surface area (TPSA) is 29.4 Å². The molecule has 0 radical (unpaired) electrons. The van der Waals surface area contributed by atoms with Crippen molar-refractivity contribution < 1.29 is 9.18 Å². The normalized spacial score (nSPS) is 32.4. The molecule has 1 aliphatic heterocycles. The highest BCUT2D eigenvalue weighted by Crippen LogP contribution is 2.34. The van der Waals surface area contributed by atoms with E-state index in [2.05, 4.69) is 4.99 Å². The lowest BCUT2D eigenvalue weighted by Crippen LogP contribution is -2.17. The number of thioether (sulfide) groups is 1. The van der Waals surface area contributed by atoms with E-state index in [4.69, 9.17) is 0 Å². The van der Waals surface area contributed by atoms with Gasteiger partial charge in [-0.15, -0.1) is 0 Å². The standard InChI is InChI=1S/C8H6FNOS/c9-5-2-1-3-6-8(5)10-7(4-11)12-6/h1-4,6,8H. The van der Waals surface area contributed by atoms with Gasteiger partial charge in [0, 0.05) is 0 Å². The third-order valence-corrected chi connectivity index (χ3v) is 2.90. The lowest BCUT2D eigenvalue weighted by molar-refractivity contribution is -0.102. The van der Waals surface area contributed by atoms with Gasteiger partial charge in [-0.1, -0.05) is 23.9 Å². The molecule has 2 rings (SSSR count). The molecule has 2 atom stereocenters. The van der Waals surface area contributed by atoms with Crippen LogP contribution >= 0.6 is 11.8 Å². The minimum absolute atomic E-state index is 0.0183. The fraction of sp³-hybridized carbons (Fsp3) is 0.250. The summed E-state index contributed by atoms with van der Waals surface area (Å²) in [6, 6.07) is -0.458. The Morgan fingerprint density at radius 3 is 3.17 bits per heavy atom. The number of halogens is 1. The second-order valence-electron chi connectivity index (χ2n) is 2.55. The summed E-state index contributed by atoms with van der Waals surface area (Å²) in [6.07, 6.45) is 5.58. The quantitative estimate of drug-likeness (QED) is 0.576. The zero-order valence-corrected chi connectivity index (χ0v) is 6.92. The summed E-state index contributed by atoms with van der Waals surface area (Å²) in [4.78, 5) is 14.3. The largest absolute Gasteiger partial charge is 0.296 e. The summed E-state index contributed by atoms with van der Waals surface area (Å²) in [5, 5.41) is 0.371. The van der Waals surface area contributed by atoms with E-state index < -0.39 is 6.04 Å². The molecule has 0 N–H and O–H groups in total. The van der Waals surface area contributed by atoms with Crippen molar-refractivity contribution in [1.82, 2.24) is 0 Å². The van der Waals surface area contributed by atoms with Gasteiger partial charge in [0.1, 0.15) is 16.9 Å². The number of hydrogen-bond donors (Lipinski definition) is 0. The summed E-state index contributed by atoms with van der Waals surface area (Å²) >= 11 is 1.31. The highest BCUT2D eigenvalue weighted by Gasteiger charge is 2.32. The third-order valence-electron chi connectivity index (χ3n) is 1.77. The van der Waals surface area contributed by atoms with Crippen LogP contribution in [0.2, 0.25) is 0 Å². The van der Waals surface area contributed by atoms with E-state index in [0.29, 0.717) is 11.3 Å². The van der Waals surface area contributed by atoms with Crippen LogP contribution in [-0.2, 0) is 4.79 Å². The van der Waals surface area contributed by atoms with E-state index in [1.165, 1.54) is 17.8 Å². The van der Waals surface area contributed by atoms with Gasteiger partial charge in [-0.3, -0.25) is 9.79 Å². The van der Waals surface area contributed by atoms with Crippen molar-refractivity contribution in [2.45, 2.75) is 11.3 Å². The highest BCUT2D eigenvalue weighted by molar-refractivity contribution is 8.16. The molecule has 0 bridgehead atoms. The average Bonchev–Trinajstić information content (AvgIpc) is 2.49. The Balaban J connectivity index is 2.29. The van der Waals surface area contributed by atoms with Gasteiger partial charge in [0.2, 0.25) is 0 Å². The number of aliphatic imine (C=N–C) groups is 1. The zero-order valence-electron chi connectivity index (χ0n) is 6.11. The molecular weight excluding hydrogens is 177 g/mol. The number of nitrogens with zero attached hydrogens (tertiary/aromatic N) is 1. The first-order chi connectivity index (χ1) is 5.81. The number of carbonyl (C=O) groups excluding carboxylic acids is 1. The number of rotatable bonds is 1. The van der Waals surface area contributed by atoms with E-state index in [9.17, 15) is 9.18 Å². The number of aldehydes is 1. The van der Waals surface area contributed by atoms with Crippen LogP contribution in [0.3, 0.4) is 0 Å². The Labute approximate surface area is 73.2 Å². The van der Waals surface area contributed by atoms with E-state index in [1.54, 1.807) is 6.08 Å². The molecule has 0 aromatic carbocycles. The summed E-state index contributed by atoms with van der Waals surface area (Å²) in [5.41, 5.74) is 0. The molecule has 0 spiro atoms. The smallest absolute Gasteiger partial charge is 0.174 e. The third kappa shape index (κ3) is 1.12. The molecule has 1 heterocycles. The van der Waals surface area contributed by atoms with Crippen LogP contribution in [0.4, 0.5) is 4.39 Å². The second-order valence-corrected chi connectivity index (χ2v) is 3.75. The van der Waals surface area contributed by atoms with Gasteiger partial charge in [0.15, 0.2) is 6.29 Å². The molecule has 1 aliphatic carbocycles. The van der Waals surface area contributed by atoms with Gasteiger partial charge in [-0.05, 0) is 6.08 Å². The van der Waals surface area contributed by atoms with Crippen molar-refractivity contribution >= 4 is 23.1 Å². The van der Waals surface area contributed by atoms with Crippen molar-refractivity contribution in [1.29, 1.82) is 0 Å². The molecule has 0 aromatic rings. The number of hydrogen-bond acceptors (Lipinski definition) is 3. The monoisotopic (exact) mass is 183 g/mol. The van der Waals surface area contributed by atoms with Crippen molar-refractivity contribution in [2.75, 3.05) is 0 Å². The first-order valence-electron chi connectivity index (χ1n) is 3.55. The van der Waals surface area contributed by atoms with Gasteiger partial charge in [0.25, 0.3) is 0 Å². The van der Waals surface area contributed by atoms with Gasteiger partial charge < -0.3 is 0 Å². The summed E-state index contributed by atoms with van der Waals surface area (Å²) < 4.78 is 13.0. The molecular formula is C8H6FNOS. The Hall–Kier alpha value is -0.900. The van der Waals surface area contributed by atoms with Crippen LogP contribution in [0.25, 0.3) is 0 Å². The molecule has 0 saturated heterocycles. The summed E-state index contributed by atoms with van der Waals surface area (Å²) in [6.45, 7) is 0. The summed E-state index contributed by atoms with van der Waals surface area (Å²) in [5.74, 6) is -0.258. The van der Waals surface area contributed by atoms with E-state index >= 15 is 0 Å². The average molecular weight is 183 g/mol. The zero-order chi connectivity index (χ0) is 8.55. The fourth-order valence-corrected chi connectivity index (χ4v) is 2.22. The highest BCUT2D eigenvalue weighted by atomic mass is 32.2. The van der Waals surface area contributed by atoms with Gasteiger partial charge in [-0.25, -0.2) is 4.39 Å². The molecule has 4 heteroatoms. The molecule has 2 aliphatic rings. The van der Waals surface area contributed by atoms with Crippen molar-refractivity contribution in [3.63, 3.8) is 0 Å². The molecule has 0 amide bonds. The number of fused-ring (bicyclic) bond motifs is 1. The molecule has 62 valence electrons. The van der Waals surface area contributed by atoms with Crippen LogP contribution in [0.1, 0.15) is 0 Å². The van der Waals surface area contributed by atoms with Crippen LogP contribution in [0, 0.1) is 0 Å². The van der Waals surface area contributed by atoms with Crippen LogP contribution in [-0.4, -0.2) is 22.6 Å². The van der Waals surface area contributed by atoms with Gasteiger partial charge >= 0.3 is 0 Å². The molecule has 12 heavy (non-hydrogen) atoms. The Morgan fingerprint density at radius 2 is 2.50 bits per heavy atom. The van der Waals surface area contributed by atoms with Crippen molar-refractivity contribution in [3.05, 3.63) is 24.1 Å². The van der Waals surface area contributed by atoms with Gasteiger partial charge in [0.05, 0.1) is 5.25 Å². The fourth-order valence-electron chi connectivity index (χ4n) is 1.22. The Bertz CT molecular complexity index is 308. The van der Waals surface area contributed by atoms with E-state index in [1.807, 2.05) is 6.08 Å². The van der Waals surface area contributed by atoms with Gasteiger partial charge in [-0.2, -0.15) is 0 Å². The van der Waals surface area contributed by atoms with Crippen molar-refractivity contribution in [2.24, 2.45) is 4.99 Å². The lowest BCUT2D eigenvalue weighted by Gasteiger charge is -2.13.